The van der Waals surface area contributed by atoms with E-state index in [0.717, 1.165) is 10.6 Å². The number of thioether (sulfide) groups is 1. The molecule has 0 saturated carbocycles. The van der Waals surface area contributed by atoms with Crippen LogP contribution in [0.2, 0.25) is 0 Å². The molecule has 5 nitrogen and oxygen atoms in total. The summed E-state index contributed by atoms with van der Waals surface area (Å²) in [6.45, 7) is 2.84. The molecule has 1 N–H and O–H groups in total. The lowest BCUT2D eigenvalue weighted by Gasteiger charge is -2.33. The Balaban J connectivity index is 1.75. The van der Waals surface area contributed by atoms with Crippen molar-refractivity contribution in [2.45, 2.75) is 19.0 Å². The molecule has 1 saturated heterocycles. The summed E-state index contributed by atoms with van der Waals surface area (Å²) in [6, 6.07) is 9.09. The molecule has 2 atom stereocenters. The van der Waals surface area contributed by atoms with Crippen LogP contribution in [0.25, 0.3) is 0 Å². The summed E-state index contributed by atoms with van der Waals surface area (Å²) in [4.78, 5) is 30.4. The quantitative estimate of drug-likeness (QED) is 0.883. The summed E-state index contributed by atoms with van der Waals surface area (Å²) < 4.78 is 0. The van der Waals surface area contributed by atoms with Crippen LogP contribution in [0.4, 0.5) is 0 Å². The average Bonchev–Trinajstić information content (AvgIpc) is 3.00. The maximum Gasteiger partial charge on any atom is 0.249 e. The van der Waals surface area contributed by atoms with E-state index in [1.165, 1.54) is 0 Å². The Hall–Kier alpha value is -1.82. The molecular weight excluding hydrogens is 286 g/mol. The Morgan fingerprint density at radius 3 is 2.90 bits per heavy atom. The van der Waals surface area contributed by atoms with E-state index in [1.54, 1.807) is 23.6 Å². The monoisotopic (exact) mass is 303 g/mol. The zero-order valence-corrected chi connectivity index (χ0v) is 12.6. The van der Waals surface area contributed by atoms with Crippen LogP contribution in [-0.2, 0) is 9.59 Å². The minimum Gasteiger partial charge on any atom is -0.353 e. The van der Waals surface area contributed by atoms with Gasteiger partial charge in [-0.05, 0) is 6.92 Å². The Kier molecular flexibility index (Phi) is 3.96. The summed E-state index contributed by atoms with van der Waals surface area (Å²) in [5.41, 5.74) is 1.04. The molecule has 110 valence electrons. The summed E-state index contributed by atoms with van der Waals surface area (Å²) in [5.74, 6) is 0.511. The van der Waals surface area contributed by atoms with Gasteiger partial charge in [0.1, 0.15) is 12.1 Å². The molecule has 0 spiro atoms. The first-order chi connectivity index (χ1) is 10.2. The molecule has 2 aliphatic rings. The highest BCUT2D eigenvalue weighted by Gasteiger charge is 2.35. The van der Waals surface area contributed by atoms with Gasteiger partial charge < -0.3 is 10.2 Å². The largest absolute Gasteiger partial charge is 0.353 e. The number of carbonyl (C=O) groups excluding carboxylic acids is 2. The first kappa shape index (κ1) is 14.1. The molecule has 0 bridgehead atoms. The van der Waals surface area contributed by atoms with Crippen molar-refractivity contribution in [3.05, 3.63) is 35.9 Å². The van der Waals surface area contributed by atoms with Crippen LogP contribution in [-0.4, -0.2) is 52.7 Å². The topological polar surface area (TPSA) is 61.8 Å². The standard InChI is InChI=1S/C15H17N3O2S/c1-10-13(19)16-7-8-18(10)15(20)12-9-21-14(17-12)11-5-3-2-4-6-11/h2-6,10,12H,7-9H2,1H3,(H,16,19). The number of nitrogens with one attached hydrogen (secondary N) is 1. The van der Waals surface area contributed by atoms with E-state index in [-0.39, 0.29) is 17.9 Å². The molecule has 2 aliphatic heterocycles. The van der Waals surface area contributed by atoms with Crippen LogP contribution in [0, 0.1) is 0 Å². The van der Waals surface area contributed by atoms with Crippen LogP contribution >= 0.6 is 11.8 Å². The number of aliphatic imine (C=N–C) groups is 1. The van der Waals surface area contributed by atoms with Crippen LogP contribution in [0.3, 0.4) is 0 Å². The van der Waals surface area contributed by atoms with Crippen LogP contribution in [0.5, 0.6) is 0 Å². The van der Waals surface area contributed by atoms with Gasteiger partial charge in [0.25, 0.3) is 0 Å². The first-order valence-electron chi connectivity index (χ1n) is 7.01. The molecule has 0 radical (unpaired) electrons. The maximum absolute atomic E-state index is 12.6. The lowest BCUT2D eigenvalue weighted by Crippen LogP contribution is -2.57. The van der Waals surface area contributed by atoms with Crippen molar-refractivity contribution in [2.75, 3.05) is 18.8 Å². The predicted molar refractivity (Wildman–Crippen MR) is 83.4 cm³/mol. The summed E-state index contributed by atoms with van der Waals surface area (Å²) in [6.07, 6.45) is 0. The number of nitrogens with zero attached hydrogens (tertiary/aromatic N) is 2. The Morgan fingerprint density at radius 2 is 2.14 bits per heavy atom. The van der Waals surface area contributed by atoms with Crippen molar-refractivity contribution >= 4 is 28.6 Å². The van der Waals surface area contributed by atoms with E-state index in [4.69, 9.17) is 0 Å². The molecule has 2 unspecified atom stereocenters. The number of carbonyl (C=O) groups is 2. The Morgan fingerprint density at radius 1 is 1.38 bits per heavy atom. The van der Waals surface area contributed by atoms with E-state index in [9.17, 15) is 9.59 Å². The van der Waals surface area contributed by atoms with E-state index in [0.29, 0.717) is 18.8 Å². The van der Waals surface area contributed by atoms with Crippen molar-refractivity contribution in [3.63, 3.8) is 0 Å². The van der Waals surface area contributed by atoms with Crippen LogP contribution < -0.4 is 5.32 Å². The van der Waals surface area contributed by atoms with E-state index >= 15 is 0 Å². The normalized spacial score (nSPS) is 25.5. The molecule has 21 heavy (non-hydrogen) atoms. The van der Waals surface area contributed by atoms with E-state index in [2.05, 4.69) is 10.3 Å². The van der Waals surface area contributed by atoms with Gasteiger partial charge in [-0.2, -0.15) is 0 Å². The Labute approximate surface area is 127 Å². The molecule has 6 heteroatoms. The van der Waals surface area contributed by atoms with Gasteiger partial charge in [0.05, 0.1) is 5.04 Å². The van der Waals surface area contributed by atoms with Gasteiger partial charge in [-0.15, -0.1) is 11.8 Å². The summed E-state index contributed by atoms with van der Waals surface area (Å²) in [5, 5.41) is 3.67. The van der Waals surface area contributed by atoms with Gasteiger partial charge in [-0.25, -0.2) is 0 Å². The van der Waals surface area contributed by atoms with Gasteiger partial charge in [0.15, 0.2) is 0 Å². The smallest absolute Gasteiger partial charge is 0.249 e. The number of piperazine rings is 1. The van der Waals surface area contributed by atoms with Gasteiger partial charge in [-0.1, -0.05) is 30.3 Å². The second-order valence-corrected chi connectivity index (χ2v) is 6.13. The highest BCUT2D eigenvalue weighted by molar-refractivity contribution is 8.14. The third kappa shape index (κ3) is 2.81. The predicted octanol–water partition coefficient (Wildman–Crippen LogP) is 0.895. The number of hydrogen-bond acceptors (Lipinski definition) is 4. The zero-order valence-electron chi connectivity index (χ0n) is 11.8. The molecule has 2 amide bonds. The highest BCUT2D eigenvalue weighted by atomic mass is 32.2. The molecule has 1 fully saturated rings. The fraction of sp³-hybridized carbons (Fsp3) is 0.400. The number of rotatable bonds is 2. The van der Waals surface area contributed by atoms with Crippen LogP contribution in [0.1, 0.15) is 12.5 Å². The van der Waals surface area contributed by atoms with Crippen molar-refractivity contribution in [2.24, 2.45) is 4.99 Å². The highest BCUT2D eigenvalue weighted by Crippen LogP contribution is 2.25. The van der Waals surface area contributed by atoms with E-state index in [1.807, 2.05) is 30.3 Å². The van der Waals surface area contributed by atoms with Crippen molar-refractivity contribution in [1.82, 2.24) is 10.2 Å². The van der Waals surface area contributed by atoms with E-state index < -0.39 is 6.04 Å². The molecular formula is C15H17N3O2S. The third-order valence-corrected chi connectivity index (χ3v) is 4.84. The first-order valence-corrected chi connectivity index (χ1v) is 7.99. The average molecular weight is 303 g/mol. The Bertz CT molecular complexity index is 588. The number of hydrogen-bond donors (Lipinski definition) is 1. The van der Waals surface area contributed by atoms with Gasteiger partial charge in [0, 0.05) is 24.4 Å². The zero-order chi connectivity index (χ0) is 14.8. The molecule has 2 heterocycles. The SMILES string of the molecule is CC1C(=O)NCCN1C(=O)C1CSC(c2ccccc2)=N1. The van der Waals surface area contributed by atoms with Crippen molar-refractivity contribution < 1.29 is 9.59 Å². The lowest BCUT2D eigenvalue weighted by atomic mass is 10.1. The second-order valence-electron chi connectivity index (χ2n) is 5.13. The fourth-order valence-electron chi connectivity index (χ4n) is 2.51. The summed E-state index contributed by atoms with van der Waals surface area (Å²) in [7, 11) is 0. The molecule has 1 aromatic rings. The number of amides is 2. The minimum absolute atomic E-state index is 0.0456. The molecule has 1 aromatic carbocycles. The van der Waals surface area contributed by atoms with Gasteiger partial charge >= 0.3 is 0 Å². The van der Waals surface area contributed by atoms with Crippen molar-refractivity contribution in [1.29, 1.82) is 0 Å². The molecule has 0 aliphatic carbocycles. The maximum atomic E-state index is 12.6. The third-order valence-electron chi connectivity index (χ3n) is 3.74. The van der Waals surface area contributed by atoms with Crippen molar-refractivity contribution in [3.8, 4) is 0 Å². The van der Waals surface area contributed by atoms with Gasteiger partial charge in [0.2, 0.25) is 11.8 Å². The molecule has 0 aromatic heterocycles. The van der Waals surface area contributed by atoms with Gasteiger partial charge in [-0.3, -0.25) is 14.6 Å². The fourth-order valence-corrected chi connectivity index (χ4v) is 3.55. The van der Waals surface area contributed by atoms with Crippen LogP contribution in [0.15, 0.2) is 35.3 Å². The number of benzene rings is 1. The minimum atomic E-state index is -0.410. The lowest BCUT2D eigenvalue weighted by molar-refractivity contribution is -0.142. The second kappa shape index (κ2) is 5.89. The summed E-state index contributed by atoms with van der Waals surface area (Å²) >= 11 is 1.60. The molecule has 3 rings (SSSR count).